The summed E-state index contributed by atoms with van der Waals surface area (Å²) in [5, 5.41) is 0. The van der Waals surface area contributed by atoms with Gasteiger partial charge in [-0.2, -0.15) is 4.31 Å². The third kappa shape index (κ3) is 3.97. The molecule has 1 aliphatic heterocycles. The van der Waals surface area contributed by atoms with Crippen molar-refractivity contribution >= 4 is 22.0 Å². The Kier molecular flexibility index (Phi) is 5.00. The van der Waals surface area contributed by atoms with Crippen LogP contribution < -0.4 is 0 Å². The van der Waals surface area contributed by atoms with Crippen LogP contribution in [0.4, 0.5) is 4.39 Å². The van der Waals surface area contributed by atoms with Crippen LogP contribution in [0, 0.1) is 5.82 Å². The maximum Gasteiger partial charge on any atom is 0.246 e. The largest absolute Gasteiger partial charge is 0.465 e. The van der Waals surface area contributed by atoms with Crippen LogP contribution in [0.3, 0.4) is 0 Å². The molecular weight excluding hydrogens is 347 g/mol. The summed E-state index contributed by atoms with van der Waals surface area (Å²) in [6, 6.07) is 8.37. The van der Waals surface area contributed by atoms with Crippen molar-refractivity contribution in [2.75, 3.05) is 26.2 Å². The topological polar surface area (TPSA) is 70.8 Å². The van der Waals surface area contributed by atoms with Crippen LogP contribution in [0.15, 0.2) is 58.1 Å². The Bertz CT molecular complexity index is 870. The normalized spacial score (nSPS) is 16.4. The van der Waals surface area contributed by atoms with Gasteiger partial charge >= 0.3 is 0 Å². The van der Waals surface area contributed by atoms with Gasteiger partial charge in [0.1, 0.15) is 11.6 Å². The van der Waals surface area contributed by atoms with Crippen LogP contribution in [-0.4, -0.2) is 49.7 Å². The van der Waals surface area contributed by atoms with Gasteiger partial charge < -0.3 is 9.32 Å². The van der Waals surface area contributed by atoms with E-state index in [4.69, 9.17) is 4.42 Å². The molecule has 132 valence electrons. The predicted octanol–water partition coefficient (Wildman–Crippen LogP) is 1.97. The van der Waals surface area contributed by atoms with E-state index in [1.54, 1.807) is 23.1 Å². The molecule has 0 spiro atoms. The van der Waals surface area contributed by atoms with Crippen molar-refractivity contribution in [3.05, 3.63) is 60.3 Å². The van der Waals surface area contributed by atoms with E-state index in [-0.39, 0.29) is 37.0 Å². The molecule has 0 unspecified atom stereocenters. The van der Waals surface area contributed by atoms with Crippen LogP contribution in [0.25, 0.3) is 6.08 Å². The molecule has 3 rings (SSSR count). The van der Waals surface area contributed by atoms with E-state index < -0.39 is 15.8 Å². The van der Waals surface area contributed by atoms with Crippen LogP contribution in [-0.2, 0) is 14.8 Å². The van der Waals surface area contributed by atoms with Gasteiger partial charge in [-0.25, -0.2) is 12.8 Å². The number of sulfonamides is 1. The third-order valence-corrected chi connectivity index (χ3v) is 5.81. The van der Waals surface area contributed by atoms with Crippen LogP contribution in [0.5, 0.6) is 0 Å². The second-order valence-corrected chi connectivity index (χ2v) is 7.47. The van der Waals surface area contributed by atoms with Gasteiger partial charge in [0, 0.05) is 32.3 Å². The lowest BCUT2D eigenvalue weighted by Crippen LogP contribution is -2.50. The summed E-state index contributed by atoms with van der Waals surface area (Å²) in [5.74, 6) is -0.238. The first-order valence-electron chi connectivity index (χ1n) is 7.73. The molecule has 1 aromatic carbocycles. The Morgan fingerprint density at radius 2 is 1.88 bits per heavy atom. The Morgan fingerprint density at radius 1 is 1.12 bits per heavy atom. The summed E-state index contributed by atoms with van der Waals surface area (Å²) >= 11 is 0. The maximum atomic E-state index is 13.3. The number of piperazine rings is 1. The standard InChI is InChI=1S/C17H17FN2O4S/c18-14-3-1-5-16(13-14)25(22,23)20-10-8-19(9-11-20)17(21)7-6-15-4-2-12-24-15/h1-7,12-13H,8-11H2. The van der Waals surface area contributed by atoms with Crippen molar-refractivity contribution in [1.29, 1.82) is 0 Å². The number of amides is 1. The molecule has 6 nitrogen and oxygen atoms in total. The highest BCUT2D eigenvalue weighted by Gasteiger charge is 2.29. The van der Waals surface area contributed by atoms with E-state index in [9.17, 15) is 17.6 Å². The molecule has 0 radical (unpaired) electrons. The van der Waals surface area contributed by atoms with Crippen LogP contribution in [0.2, 0.25) is 0 Å². The molecule has 2 aromatic rings. The number of furan rings is 1. The quantitative estimate of drug-likeness (QED) is 0.778. The highest BCUT2D eigenvalue weighted by atomic mass is 32.2. The third-order valence-electron chi connectivity index (χ3n) is 3.92. The van der Waals surface area contributed by atoms with E-state index in [1.165, 1.54) is 34.8 Å². The molecule has 0 saturated carbocycles. The summed E-state index contributed by atoms with van der Waals surface area (Å²) < 4.78 is 44.7. The minimum Gasteiger partial charge on any atom is -0.465 e. The molecule has 8 heteroatoms. The number of hydrogen-bond donors (Lipinski definition) is 0. The summed E-state index contributed by atoms with van der Waals surface area (Å²) in [6.07, 6.45) is 4.48. The van der Waals surface area contributed by atoms with Gasteiger partial charge in [-0.3, -0.25) is 4.79 Å². The summed E-state index contributed by atoms with van der Waals surface area (Å²) in [5.41, 5.74) is 0. The Morgan fingerprint density at radius 3 is 2.52 bits per heavy atom. The lowest BCUT2D eigenvalue weighted by atomic mass is 10.3. The minimum absolute atomic E-state index is 0.0787. The van der Waals surface area contributed by atoms with Gasteiger partial charge in [0.05, 0.1) is 11.2 Å². The zero-order valence-corrected chi connectivity index (χ0v) is 14.2. The molecule has 0 aliphatic carbocycles. The van der Waals surface area contributed by atoms with Crippen molar-refractivity contribution in [1.82, 2.24) is 9.21 Å². The molecule has 0 bridgehead atoms. The molecule has 1 saturated heterocycles. The lowest BCUT2D eigenvalue weighted by Gasteiger charge is -2.33. The molecule has 1 aromatic heterocycles. The molecule has 0 atom stereocenters. The number of hydrogen-bond acceptors (Lipinski definition) is 4. The molecule has 2 heterocycles. The Labute approximate surface area is 145 Å². The van der Waals surface area contributed by atoms with Gasteiger partial charge in [0.25, 0.3) is 0 Å². The zero-order valence-electron chi connectivity index (χ0n) is 13.3. The average molecular weight is 364 g/mol. The van der Waals surface area contributed by atoms with Crippen LogP contribution in [0.1, 0.15) is 5.76 Å². The van der Waals surface area contributed by atoms with Gasteiger partial charge in [-0.1, -0.05) is 6.07 Å². The molecule has 1 fully saturated rings. The van der Waals surface area contributed by atoms with E-state index in [0.717, 1.165) is 6.07 Å². The number of halogens is 1. The number of benzene rings is 1. The van der Waals surface area contributed by atoms with E-state index >= 15 is 0 Å². The van der Waals surface area contributed by atoms with E-state index in [0.29, 0.717) is 5.76 Å². The fourth-order valence-corrected chi connectivity index (χ4v) is 4.02. The minimum atomic E-state index is -3.76. The highest BCUT2D eigenvalue weighted by Crippen LogP contribution is 2.18. The van der Waals surface area contributed by atoms with Crippen LogP contribution >= 0.6 is 0 Å². The number of carbonyl (C=O) groups is 1. The highest BCUT2D eigenvalue weighted by molar-refractivity contribution is 7.89. The van der Waals surface area contributed by atoms with Gasteiger partial charge in [0.2, 0.25) is 15.9 Å². The van der Waals surface area contributed by atoms with Crippen molar-refractivity contribution in [3.8, 4) is 0 Å². The first kappa shape index (κ1) is 17.4. The molecule has 25 heavy (non-hydrogen) atoms. The Hall–Kier alpha value is -2.45. The summed E-state index contributed by atoms with van der Waals surface area (Å²) in [7, 11) is -3.76. The van der Waals surface area contributed by atoms with Crippen molar-refractivity contribution in [2.45, 2.75) is 4.90 Å². The number of rotatable bonds is 4. The molecule has 1 amide bonds. The molecular formula is C17H17FN2O4S. The Balaban J connectivity index is 1.62. The number of carbonyl (C=O) groups excluding carboxylic acids is 1. The average Bonchev–Trinajstić information content (AvgIpc) is 3.13. The molecule has 1 aliphatic rings. The lowest BCUT2D eigenvalue weighted by molar-refractivity contribution is -0.127. The summed E-state index contributed by atoms with van der Waals surface area (Å²) in [6.45, 7) is 0.879. The van der Waals surface area contributed by atoms with Gasteiger partial charge in [0.15, 0.2) is 0 Å². The fraction of sp³-hybridized carbons (Fsp3) is 0.235. The molecule has 0 N–H and O–H groups in total. The number of nitrogens with zero attached hydrogens (tertiary/aromatic N) is 2. The first-order valence-corrected chi connectivity index (χ1v) is 9.17. The van der Waals surface area contributed by atoms with Gasteiger partial charge in [-0.05, 0) is 36.4 Å². The maximum absolute atomic E-state index is 13.3. The van der Waals surface area contributed by atoms with E-state index in [2.05, 4.69) is 0 Å². The second kappa shape index (κ2) is 7.20. The summed E-state index contributed by atoms with van der Waals surface area (Å²) in [4.78, 5) is 13.6. The first-order chi connectivity index (χ1) is 12.0. The SMILES string of the molecule is O=C(C=Cc1ccco1)N1CCN(S(=O)(=O)c2cccc(F)c2)CC1. The van der Waals surface area contributed by atoms with Gasteiger partial charge in [-0.15, -0.1) is 0 Å². The monoisotopic (exact) mass is 364 g/mol. The van der Waals surface area contributed by atoms with E-state index in [1.807, 2.05) is 0 Å². The predicted molar refractivity (Wildman–Crippen MR) is 89.5 cm³/mol. The van der Waals surface area contributed by atoms with Crippen molar-refractivity contribution in [2.24, 2.45) is 0 Å². The smallest absolute Gasteiger partial charge is 0.246 e. The van der Waals surface area contributed by atoms with Crippen molar-refractivity contribution < 1.29 is 22.0 Å². The zero-order chi connectivity index (χ0) is 17.9. The van der Waals surface area contributed by atoms with Crippen molar-refractivity contribution in [3.63, 3.8) is 0 Å². The second-order valence-electron chi connectivity index (χ2n) is 5.54. The fourth-order valence-electron chi connectivity index (χ4n) is 2.57.